The first kappa shape index (κ1) is 31.5. The number of rotatable bonds is 11. The first-order chi connectivity index (χ1) is 21.8. The maximum Gasteiger partial charge on any atom is 0.414 e. The number of anilines is 1. The summed E-state index contributed by atoms with van der Waals surface area (Å²) in [7, 11) is 0. The van der Waals surface area contributed by atoms with E-state index in [2.05, 4.69) is 34.9 Å². The Hall–Kier alpha value is -4.89. The lowest BCUT2D eigenvalue weighted by Gasteiger charge is -2.42. The SMILES string of the molecule is CC(C)([O-])[C@@H]1CCCN1C(=O)OC[n+]1cccc(CNC(=O)Nc2ccc(OCCc3ccccc3-c3ccccc3)cc2)c1. The summed E-state index contributed by atoms with van der Waals surface area (Å²) in [6, 6.07) is 28.9. The zero-order valence-electron chi connectivity index (χ0n) is 25.8. The number of nitrogens with zero attached hydrogens (tertiary/aromatic N) is 2. The van der Waals surface area contributed by atoms with Gasteiger partial charge in [0, 0.05) is 36.3 Å². The second kappa shape index (κ2) is 14.7. The highest BCUT2D eigenvalue weighted by molar-refractivity contribution is 5.89. The molecule has 0 aliphatic carbocycles. The van der Waals surface area contributed by atoms with Crippen LogP contribution in [0.4, 0.5) is 15.3 Å². The van der Waals surface area contributed by atoms with Crippen LogP contribution in [0.5, 0.6) is 5.75 Å². The number of urea groups is 1. The van der Waals surface area contributed by atoms with E-state index < -0.39 is 11.7 Å². The molecule has 1 atom stereocenters. The van der Waals surface area contributed by atoms with Gasteiger partial charge in [0.2, 0.25) is 0 Å². The number of pyridine rings is 1. The molecule has 5 rings (SSSR count). The summed E-state index contributed by atoms with van der Waals surface area (Å²) in [5, 5.41) is 18.1. The average molecular weight is 609 g/mol. The molecule has 0 spiro atoms. The van der Waals surface area contributed by atoms with Gasteiger partial charge >= 0.3 is 12.1 Å². The van der Waals surface area contributed by atoms with Gasteiger partial charge in [0.25, 0.3) is 6.73 Å². The predicted octanol–water partition coefficient (Wildman–Crippen LogP) is 5.28. The number of nitrogens with one attached hydrogen (secondary N) is 2. The fourth-order valence-electron chi connectivity index (χ4n) is 5.59. The molecule has 3 amide bonds. The highest BCUT2D eigenvalue weighted by atomic mass is 16.6. The van der Waals surface area contributed by atoms with Crippen molar-refractivity contribution in [1.82, 2.24) is 10.2 Å². The van der Waals surface area contributed by atoms with Crippen LogP contribution >= 0.6 is 0 Å². The van der Waals surface area contributed by atoms with E-state index in [0.717, 1.165) is 24.2 Å². The molecule has 0 radical (unpaired) electrons. The number of hydrogen-bond acceptors (Lipinski definition) is 5. The van der Waals surface area contributed by atoms with Crippen molar-refractivity contribution in [2.45, 2.75) is 58.0 Å². The first-order valence-corrected chi connectivity index (χ1v) is 15.3. The molecule has 0 bridgehead atoms. The molecule has 234 valence electrons. The third kappa shape index (κ3) is 8.83. The Morgan fingerprint density at radius 1 is 0.978 bits per heavy atom. The summed E-state index contributed by atoms with van der Waals surface area (Å²) >= 11 is 0. The molecule has 3 aromatic carbocycles. The van der Waals surface area contributed by atoms with Gasteiger partial charge in [-0.3, -0.25) is 0 Å². The Kier molecular flexibility index (Phi) is 10.3. The molecule has 9 heteroatoms. The molecule has 1 fully saturated rings. The van der Waals surface area contributed by atoms with Crippen LogP contribution in [0.15, 0.2) is 103 Å². The molecule has 45 heavy (non-hydrogen) atoms. The minimum Gasteiger partial charge on any atom is -0.848 e. The largest absolute Gasteiger partial charge is 0.848 e. The van der Waals surface area contributed by atoms with E-state index in [0.29, 0.717) is 25.3 Å². The van der Waals surface area contributed by atoms with Crippen LogP contribution < -0.4 is 25.0 Å². The number of amides is 3. The van der Waals surface area contributed by atoms with Gasteiger partial charge in [0.05, 0.1) is 13.2 Å². The molecule has 0 unspecified atom stereocenters. The Labute approximate surface area is 264 Å². The van der Waals surface area contributed by atoms with Crippen LogP contribution in [0, 0.1) is 0 Å². The number of likely N-dealkylation sites (tertiary alicyclic amines) is 1. The summed E-state index contributed by atoms with van der Waals surface area (Å²) in [6.07, 6.45) is 5.35. The van der Waals surface area contributed by atoms with Crippen molar-refractivity contribution < 1.29 is 28.7 Å². The van der Waals surface area contributed by atoms with Crippen LogP contribution in [0.2, 0.25) is 0 Å². The number of carbonyl (C=O) groups excluding carboxylic acids is 2. The van der Waals surface area contributed by atoms with Gasteiger partial charge in [-0.1, -0.05) is 74.0 Å². The number of ether oxygens (including phenoxy) is 2. The maximum absolute atomic E-state index is 12.6. The van der Waals surface area contributed by atoms with Crippen molar-refractivity contribution >= 4 is 17.8 Å². The quantitative estimate of drug-likeness (QED) is 0.225. The fraction of sp³-hybridized carbons (Fsp3) is 0.306. The van der Waals surface area contributed by atoms with Crippen molar-refractivity contribution in [3.05, 3.63) is 115 Å². The fourth-order valence-corrected chi connectivity index (χ4v) is 5.59. The van der Waals surface area contributed by atoms with Gasteiger partial charge in [-0.05, 0) is 59.9 Å². The lowest BCUT2D eigenvalue weighted by atomic mass is 9.97. The van der Waals surface area contributed by atoms with Crippen LogP contribution in [0.3, 0.4) is 0 Å². The van der Waals surface area contributed by atoms with E-state index in [9.17, 15) is 14.7 Å². The number of hydrogen-bond donors (Lipinski definition) is 2. The molecule has 1 aliphatic heterocycles. The molecular weight excluding hydrogens is 568 g/mol. The van der Waals surface area contributed by atoms with E-state index in [-0.39, 0.29) is 25.3 Å². The standard InChI is InChI=1S/C36H40N4O5/c1-36(2,43)33-15-9-22-40(33)35(42)45-26-39-21-8-10-27(25-39)24-37-34(41)38-30-16-18-31(19-17-30)44-23-20-29-13-6-7-14-32(29)28-11-4-3-5-12-28/h3-8,10-14,16-19,21,25,33H,9,15,20,22-24,26H2,1-2H3,(H2,37,38,41)/t33-/m0/s1. The molecule has 1 aromatic heterocycles. The summed E-state index contributed by atoms with van der Waals surface area (Å²) in [4.78, 5) is 26.7. The Bertz CT molecular complexity index is 1570. The maximum atomic E-state index is 12.6. The molecule has 0 saturated carbocycles. The molecule has 4 aromatic rings. The van der Waals surface area contributed by atoms with Gasteiger partial charge in [0.15, 0.2) is 12.4 Å². The van der Waals surface area contributed by atoms with Gasteiger partial charge in [0.1, 0.15) is 5.75 Å². The third-order valence-corrected chi connectivity index (χ3v) is 7.85. The van der Waals surface area contributed by atoms with Crippen molar-refractivity contribution in [3.63, 3.8) is 0 Å². The third-order valence-electron chi connectivity index (χ3n) is 7.85. The average Bonchev–Trinajstić information content (AvgIpc) is 3.56. The highest BCUT2D eigenvalue weighted by Gasteiger charge is 2.34. The highest BCUT2D eigenvalue weighted by Crippen LogP contribution is 2.26. The van der Waals surface area contributed by atoms with Gasteiger partial charge in [-0.2, -0.15) is 4.57 Å². The second-order valence-corrected chi connectivity index (χ2v) is 11.7. The van der Waals surface area contributed by atoms with E-state index in [1.54, 1.807) is 42.9 Å². The van der Waals surface area contributed by atoms with Crippen molar-refractivity contribution in [3.8, 4) is 16.9 Å². The topological polar surface area (TPSA) is 107 Å². The molecule has 2 heterocycles. The van der Waals surface area contributed by atoms with Crippen molar-refractivity contribution in [2.24, 2.45) is 0 Å². The molecular formula is C36H40N4O5. The van der Waals surface area contributed by atoms with Gasteiger partial charge in [-0.25, -0.2) is 9.59 Å². The van der Waals surface area contributed by atoms with E-state index >= 15 is 0 Å². The number of carbonyl (C=O) groups is 2. The van der Waals surface area contributed by atoms with Crippen molar-refractivity contribution in [2.75, 3.05) is 18.5 Å². The van der Waals surface area contributed by atoms with Crippen LogP contribution in [-0.2, 0) is 24.4 Å². The van der Waals surface area contributed by atoms with Crippen LogP contribution in [0.1, 0.15) is 37.8 Å². The Balaban J connectivity index is 1.05. The zero-order valence-corrected chi connectivity index (χ0v) is 25.8. The predicted molar refractivity (Wildman–Crippen MR) is 170 cm³/mol. The monoisotopic (exact) mass is 608 g/mol. The number of benzene rings is 3. The normalized spacial score (nSPS) is 14.6. The summed E-state index contributed by atoms with van der Waals surface area (Å²) in [6.45, 7) is 4.55. The lowest BCUT2D eigenvalue weighted by molar-refractivity contribution is -0.727. The molecule has 2 N–H and O–H groups in total. The van der Waals surface area contributed by atoms with Gasteiger partial charge in [-0.15, -0.1) is 0 Å². The smallest absolute Gasteiger partial charge is 0.414 e. The van der Waals surface area contributed by atoms with E-state index in [1.807, 2.05) is 54.6 Å². The van der Waals surface area contributed by atoms with Crippen LogP contribution in [-0.4, -0.2) is 41.8 Å². The summed E-state index contributed by atoms with van der Waals surface area (Å²) < 4.78 is 13.2. The molecule has 1 aliphatic rings. The Morgan fingerprint density at radius 2 is 1.73 bits per heavy atom. The lowest BCUT2D eigenvalue weighted by Crippen LogP contribution is -2.56. The van der Waals surface area contributed by atoms with Crippen molar-refractivity contribution in [1.29, 1.82) is 0 Å². The molecule has 1 saturated heterocycles. The number of aromatic nitrogens is 1. The van der Waals surface area contributed by atoms with E-state index in [1.165, 1.54) is 21.6 Å². The van der Waals surface area contributed by atoms with E-state index in [4.69, 9.17) is 9.47 Å². The minimum absolute atomic E-state index is 0.00926. The second-order valence-electron chi connectivity index (χ2n) is 11.7. The van der Waals surface area contributed by atoms with Gasteiger partial charge < -0.3 is 30.1 Å². The summed E-state index contributed by atoms with van der Waals surface area (Å²) in [5.41, 5.74) is 3.86. The van der Waals surface area contributed by atoms with Crippen LogP contribution in [0.25, 0.3) is 11.1 Å². The Morgan fingerprint density at radius 3 is 2.51 bits per heavy atom. The first-order valence-electron chi connectivity index (χ1n) is 15.3. The zero-order chi connectivity index (χ0) is 31.6. The molecule has 9 nitrogen and oxygen atoms in total. The minimum atomic E-state index is -1.24. The summed E-state index contributed by atoms with van der Waals surface area (Å²) in [5.74, 6) is 0.727.